The first-order chi connectivity index (χ1) is 13.4. The molecular formula is C18H15ClFN5O3. The van der Waals surface area contributed by atoms with Gasteiger partial charge in [0, 0.05) is 16.3 Å². The Bertz CT molecular complexity index is 993. The van der Waals surface area contributed by atoms with Gasteiger partial charge in [0.2, 0.25) is 5.82 Å². The molecule has 0 saturated heterocycles. The predicted molar refractivity (Wildman–Crippen MR) is 98.8 cm³/mol. The topological polar surface area (TPSA) is 99.0 Å². The van der Waals surface area contributed by atoms with E-state index in [1.54, 1.807) is 24.3 Å². The Kier molecular flexibility index (Phi) is 5.95. The van der Waals surface area contributed by atoms with Crippen molar-refractivity contribution in [3.8, 4) is 11.4 Å². The number of esters is 1. The smallest absolute Gasteiger partial charge is 0.330 e. The van der Waals surface area contributed by atoms with Crippen molar-refractivity contribution in [1.82, 2.24) is 20.2 Å². The highest BCUT2D eigenvalue weighted by Gasteiger charge is 2.19. The number of carbonyl (C=O) groups excluding carboxylic acids is 2. The summed E-state index contributed by atoms with van der Waals surface area (Å²) in [6, 6.07) is 12.2. The molecule has 1 aromatic heterocycles. The van der Waals surface area contributed by atoms with Crippen LogP contribution in [0.2, 0.25) is 5.02 Å². The second-order valence-electron chi connectivity index (χ2n) is 5.78. The van der Waals surface area contributed by atoms with Crippen LogP contribution in [0, 0.1) is 5.82 Å². The molecule has 28 heavy (non-hydrogen) atoms. The Hall–Kier alpha value is -3.33. The van der Waals surface area contributed by atoms with Crippen LogP contribution in [0.4, 0.5) is 10.1 Å². The third kappa shape index (κ3) is 5.10. The number of halogens is 2. The van der Waals surface area contributed by atoms with E-state index in [-0.39, 0.29) is 12.2 Å². The molecular weight excluding hydrogens is 389 g/mol. The first kappa shape index (κ1) is 19.4. The summed E-state index contributed by atoms with van der Waals surface area (Å²) in [5.74, 6) is -1.48. The van der Waals surface area contributed by atoms with Gasteiger partial charge in [0.05, 0.1) is 0 Å². The number of nitrogens with zero attached hydrogens (tertiary/aromatic N) is 4. The lowest BCUT2D eigenvalue weighted by Crippen LogP contribution is -2.31. The van der Waals surface area contributed by atoms with E-state index < -0.39 is 23.8 Å². The van der Waals surface area contributed by atoms with E-state index in [2.05, 4.69) is 20.7 Å². The van der Waals surface area contributed by atoms with Crippen LogP contribution in [0.5, 0.6) is 0 Å². The van der Waals surface area contributed by atoms with Gasteiger partial charge in [-0.15, -0.1) is 10.2 Å². The summed E-state index contributed by atoms with van der Waals surface area (Å²) < 4.78 is 18.2. The van der Waals surface area contributed by atoms with Crippen molar-refractivity contribution >= 4 is 29.2 Å². The number of ether oxygens (including phenoxy) is 1. The van der Waals surface area contributed by atoms with E-state index in [0.717, 1.165) is 10.9 Å². The largest absolute Gasteiger partial charge is 0.451 e. The fraction of sp³-hybridized carbons (Fsp3) is 0.167. The van der Waals surface area contributed by atoms with Crippen molar-refractivity contribution in [2.45, 2.75) is 19.6 Å². The minimum atomic E-state index is -1.09. The van der Waals surface area contributed by atoms with Gasteiger partial charge in [-0.2, -0.15) is 4.80 Å². The minimum absolute atomic E-state index is 0.262. The van der Waals surface area contributed by atoms with Gasteiger partial charge < -0.3 is 10.1 Å². The van der Waals surface area contributed by atoms with E-state index in [0.29, 0.717) is 16.4 Å². The molecule has 0 aliphatic heterocycles. The monoisotopic (exact) mass is 403 g/mol. The van der Waals surface area contributed by atoms with Crippen molar-refractivity contribution in [3.05, 3.63) is 59.4 Å². The fourth-order valence-electron chi connectivity index (χ4n) is 2.24. The van der Waals surface area contributed by atoms with Gasteiger partial charge >= 0.3 is 5.97 Å². The van der Waals surface area contributed by atoms with E-state index in [4.69, 9.17) is 16.3 Å². The molecule has 1 atom stereocenters. The van der Waals surface area contributed by atoms with Gasteiger partial charge in [-0.05, 0) is 54.6 Å². The number of aromatic nitrogens is 4. The summed E-state index contributed by atoms with van der Waals surface area (Å²) in [4.78, 5) is 25.1. The van der Waals surface area contributed by atoms with Crippen LogP contribution in [0.25, 0.3) is 11.4 Å². The van der Waals surface area contributed by atoms with Gasteiger partial charge in [-0.3, -0.25) is 4.79 Å². The molecule has 144 valence electrons. The lowest BCUT2D eigenvalue weighted by molar-refractivity contribution is -0.154. The first-order valence-electron chi connectivity index (χ1n) is 8.20. The normalized spacial score (nSPS) is 11.7. The third-order valence-corrected chi connectivity index (χ3v) is 3.85. The maximum absolute atomic E-state index is 13.1. The summed E-state index contributed by atoms with van der Waals surface area (Å²) >= 11 is 5.83. The Morgan fingerprint density at radius 1 is 1.25 bits per heavy atom. The molecule has 1 N–H and O–H groups in total. The third-order valence-electron chi connectivity index (χ3n) is 3.60. The summed E-state index contributed by atoms with van der Waals surface area (Å²) in [6.07, 6.45) is -1.09. The van der Waals surface area contributed by atoms with Crippen LogP contribution in [-0.4, -0.2) is 38.2 Å². The number of tetrazole rings is 1. The quantitative estimate of drug-likeness (QED) is 0.635. The van der Waals surface area contributed by atoms with Gasteiger partial charge in [-0.25, -0.2) is 9.18 Å². The highest BCUT2D eigenvalue weighted by Crippen LogP contribution is 2.17. The van der Waals surface area contributed by atoms with Crippen LogP contribution in [-0.2, 0) is 20.9 Å². The number of anilines is 1. The van der Waals surface area contributed by atoms with Crippen molar-refractivity contribution in [2.24, 2.45) is 0 Å². The average Bonchev–Trinajstić information content (AvgIpc) is 3.10. The number of nitrogens with one attached hydrogen (secondary N) is 1. The molecule has 10 heteroatoms. The zero-order chi connectivity index (χ0) is 20.1. The fourth-order valence-corrected chi connectivity index (χ4v) is 2.36. The molecule has 0 bridgehead atoms. The van der Waals surface area contributed by atoms with Gasteiger partial charge in [0.15, 0.2) is 12.6 Å². The maximum Gasteiger partial charge on any atom is 0.330 e. The van der Waals surface area contributed by atoms with Crippen molar-refractivity contribution < 1.29 is 18.7 Å². The van der Waals surface area contributed by atoms with E-state index in [9.17, 15) is 14.0 Å². The summed E-state index contributed by atoms with van der Waals surface area (Å²) in [5, 5.41) is 14.8. The lowest BCUT2D eigenvalue weighted by Gasteiger charge is -2.13. The Labute approximate surface area is 164 Å². The van der Waals surface area contributed by atoms with E-state index in [1.165, 1.54) is 25.1 Å². The van der Waals surface area contributed by atoms with Crippen LogP contribution >= 0.6 is 11.6 Å². The van der Waals surface area contributed by atoms with Crippen LogP contribution < -0.4 is 5.32 Å². The van der Waals surface area contributed by atoms with Crippen molar-refractivity contribution in [3.63, 3.8) is 0 Å². The van der Waals surface area contributed by atoms with E-state index in [1.807, 2.05) is 0 Å². The second-order valence-corrected chi connectivity index (χ2v) is 6.22. The Balaban J connectivity index is 1.55. The standard InChI is InChI=1S/C18H15ClFN5O3/c1-11(18(27)21-15-4-2-3-14(20)9-15)28-16(26)10-25-23-17(22-24-25)12-5-7-13(19)8-6-12/h2-9,11H,10H2,1H3,(H,21,27)/t11-/m0/s1. The number of carbonyl (C=O) groups is 2. The van der Waals surface area contributed by atoms with Crippen molar-refractivity contribution in [2.75, 3.05) is 5.32 Å². The zero-order valence-electron chi connectivity index (χ0n) is 14.7. The highest BCUT2D eigenvalue weighted by molar-refractivity contribution is 6.30. The second kappa shape index (κ2) is 8.57. The van der Waals surface area contributed by atoms with Gasteiger partial charge in [0.25, 0.3) is 5.91 Å². The van der Waals surface area contributed by atoms with Gasteiger partial charge in [-0.1, -0.05) is 17.7 Å². The van der Waals surface area contributed by atoms with Crippen LogP contribution in [0.1, 0.15) is 6.92 Å². The highest BCUT2D eigenvalue weighted by atomic mass is 35.5. The minimum Gasteiger partial charge on any atom is -0.451 e. The number of rotatable bonds is 6. The maximum atomic E-state index is 13.1. The Morgan fingerprint density at radius 2 is 2.00 bits per heavy atom. The molecule has 0 unspecified atom stereocenters. The van der Waals surface area contributed by atoms with E-state index >= 15 is 0 Å². The zero-order valence-corrected chi connectivity index (χ0v) is 15.4. The van der Waals surface area contributed by atoms with Crippen LogP contribution in [0.15, 0.2) is 48.5 Å². The molecule has 1 amide bonds. The lowest BCUT2D eigenvalue weighted by atomic mass is 10.2. The summed E-state index contributed by atoms with van der Waals surface area (Å²) in [7, 11) is 0. The average molecular weight is 404 g/mol. The molecule has 0 radical (unpaired) electrons. The van der Waals surface area contributed by atoms with Crippen molar-refractivity contribution in [1.29, 1.82) is 0 Å². The molecule has 0 fully saturated rings. The molecule has 2 aromatic carbocycles. The Morgan fingerprint density at radius 3 is 2.71 bits per heavy atom. The molecule has 0 spiro atoms. The molecule has 1 heterocycles. The molecule has 0 saturated carbocycles. The SMILES string of the molecule is C[C@H](OC(=O)Cn1nnc(-c2ccc(Cl)cc2)n1)C(=O)Nc1cccc(F)c1. The molecule has 3 rings (SSSR count). The number of benzene rings is 2. The molecule has 3 aromatic rings. The number of hydrogen-bond acceptors (Lipinski definition) is 6. The summed E-state index contributed by atoms with van der Waals surface area (Å²) in [5.41, 5.74) is 0.949. The molecule has 0 aliphatic rings. The number of amides is 1. The predicted octanol–water partition coefficient (Wildman–Crippen LogP) is 2.70. The first-order valence-corrected chi connectivity index (χ1v) is 8.58. The summed E-state index contributed by atoms with van der Waals surface area (Å²) in [6.45, 7) is 1.08. The number of hydrogen-bond donors (Lipinski definition) is 1. The van der Waals surface area contributed by atoms with Gasteiger partial charge in [0.1, 0.15) is 5.82 Å². The molecule has 0 aliphatic carbocycles. The van der Waals surface area contributed by atoms with Crippen LogP contribution in [0.3, 0.4) is 0 Å². The molecule has 8 nitrogen and oxygen atoms in total.